The van der Waals surface area contributed by atoms with Gasteiger partial charge in [0.15, 0.2) is 0 Å². The number of carbonyl (C=O) groups is 3. The number of piperidine rings is 1. The molecule has 14 nitrogen and oxygen atoms in total. The van der Waals surface area contributed by atoms with E-state index in [1.54, 1.807) is 41.4 Å². The second kappa shape index (κ2) is 17.1. The highest BCUT2D eigenvalue weighted by molar-refractivity contribution is 7.88. The summed E-state index contributed by atoms with van der Waals surface area (Å²) in [5.41, 5.74) is 3.83. The van der Waals surface area contributed by atoms with Gasteiger partial charge in [-0.05, 0) is 61.5 Å². The molecule has 1 saturated heterocycles. The molecule has 6 rings (SSSR count). The summed E-state index contributed by atoms with van der Waals surface area (Å²) in [6.45, 7) is 1.93. The Labute approximate surface area is 314 Å². The summed E-state index contributed by atoms with van der Waals surface area (Å²) in [6.07, 6.45) is 2.62. The van der Waals surface area contributed by atoms with Gasteiger partial charge in [-0.25, -0.2) is 27.1 Å². The molecule has 54 heavy (non-hydrogen) atoms. The van der Waals surface area contributed by atoms with Crippen molar-refractivity contribution in [2.45, 2.75) is 25.9 Å². The number of carboxylic acids is 2. The highest BCUT2D eigenvalue weighted by atomic mass is 32.2. The summed E-state index contributed by atoms with van der Waals surface area (Å²) in [5, 5.41) is 20.4. The van der Waals surface area contributed by atoms with Gasteiger partial charge in [-0.15, -0.1) is 0 Å². The minimum absolute atomic E-state index is 0.000717. The molecule has 0 bridgehead atoms. The molecule has 0 radical (unpaired) electrons. The van der Waals surface area contributed by atoms with Gasteiger partial charge in [0.1, 0.15) is 17.7 Å². The van der Waals surface area contributed by atoms with Crippen molar-refractivity contribution >= 4 is 49.9 Å². The number of aryl methyl sites for hydroxylation is 2. The number of aromatic nitrogens is 2. The van der Waals surface area contributed by atoms with Crippen LogP contribution in [0.1, 0.15) is 44.7 Å². The Bertz CT molecular complexity index is 2240. The first-order chi connectivity index (χ1) is 25.8. The number of aromatic carboxylic acids is 2. The highest BCUT2D eigenvalue weighted by Gasteiger charge is 2.29. The lowest BCUT2D eigenvalue weighted by Crippen LogP contribution is -2.44. The van der Waals surface area contributed by atoms with Gasteiger partial charge in [-0.1, -0.05) is 60.7 Å². The van der Waals surface area contributed by atoms with E-state index in [0.29, 0.717) is 35.0 Å². The molecule has 15 heteroatoms. The number of benzene rings is 3. The summed E-state index contributed by atoms with van der Waals surface area (Å²) in [4.78, 5) is 37.9. The summed E-state index contributed by atoms with van der Waals surface area (Å²) in [6, 6.07) is 22.2. The Balaban J connectivity index is 0.000000310. The maximum atomic E-state index is 12.6. The molecular weight excluding hydrogens is 717 g/mol. The van der Waals surface area contributed by atoms with Crippen molar-refractivity contribution in [2.75, 3.05) is 46.7 Å². The standard InChI is InChI=1S/C28H35N3O7S.C11H11NO3/c1-29-23-11-7-10-22(24(23)25(27(32)33)26(29)37-2)18-20-12-14-30(15-13-20)16-17-31(39(3,35)36)28(34)38-19-21-8-5-4-6-9-21;1-12-8-6-4-3-5-7(8)9(11(13)14)10(12)15-2/h4-11,20H,12-19H2,1-3H3,(H,32,33);3-6H,1-2H3,(H,13,14). The molecule has 3 heterocycles. The topological polar surface area (TPSA) is 170 Å². The average Bonchev–Trinajstić information content (AvgIpc) is 3.62. The number of ether oxygens (including phenoxy) is 3. The first-order valence-corrected chi connectivity index (χ1v) is 19.2. The van der Waals surface area contributed by atoms with Crippen molar-refractivity contribution in [3.8, 4) is 11.8 Å². The molecule has 0 aliphatic carbocycles. The molecule has 2 aromatic heterocycles. The molecule has 1 aliphatic heterocycles. The number of nitrogens with zero attached hydrogens (tertiary/aromatic N) is 4. The van der Waals surface area contributed by atoms with Gasteiger partial charge in [-0.2, -0.15) is 0 Å². The van der Waals surface area contributed by atoms with E-state index < -0.39 is 28.1 Å². The average molecular weight is 763 g/mol. The van der Waals surface area contributed by atoms with E-state index in [2.05, 4.69) is 4.90 Å². The molecule has 0 atom stereocenters. The Hall–Kier alpha value is -5.54. The third kappa shape index (κ3) is 8.63. The number of sulfonamides is 1. The van der Waals surface area contributed by atoms with E-state index in [9.17, 15) is 27.9 Å². The monoisotopic (exact) mass is 762 g/mol. The minimum Gasteiger partial charge on any atom is -0.482 e. The van der Waals surface area contributed by atoms with Crippen molar-refractivity contribution in [3.63, 3.8) is 0 Å². The number of carboxylic acid groups (broad SMARTS) is 2. The van der Waals surface area contributed by atoms with Gasteiger partial charge >= 0.3 is 18.0 Å². The van der Waals surface area contributed by atoms with Gasteiger partial charge in [0.2, 0.25) is 21.8 Å². The Kier molecular flexibility index (Phi) is 12.5. The van der Waals surface area contributed by atoms with Crippen LogP contribution in [-0.2, 0) is 41.9 Å². The Morgan fingerprint density at radius 2 is 1.37 bits per heavy atom. The van der Waals surface area contributed by atoms with Crippen LogP contribution in [0.5, 0.6) is 11.8 Å². The van der Waals surface area contributed by atoms with Gasteiger partial charge in [0.05, 0.1) is 38.1 Å². The maximum Gasteiger partial charge on any atom is 0.423 e. The molecule has 2 N–H and O–H groups in total. The molecule has 1 amide bonds. The Morgan fingerprint density at radius 1 is 0.796 bits per heavy atom. The zero-order valence-electron chi connectivity index (χ0n) is 31.0. The van der Waals surface area contributed by atoms with Crippen LogP contribution in [-0.4, -0.2) is 102 Å². The fourth-order valence-electron chi connectivity index (χ4n) is 7.10. The van der Waals surface area contributed by atoms with Crippen LogP contribution in [0.25, 0.3) is 21.8 Å². The second-order valence-electron chi connectivity index (χ2n) is 13.2. The van der Waals surface area contributed by atoms with Gasteiger partial charge < -0.3 is 38.5 Å². The lowest BCUT2D eigenvalue weighted by molar-refractivity contribution is 0.0683. The summed E-state index contributed by atoms with van der Waals surface area (Å²) >= 11 is 0. The zero-order chi connectivity index (χ0) is 39.2. The number of rotatable bonds is 12. The third-order valence-corrected chi connectivity index (χ3v) is 10.9. The summed E-state index contributed by atoms with van der Waals surface area (Å²) in [7, 11) is 2.75. The van der Waals surface area contributed by atoms with Crippen LogP contribution in [0, 0.1) is 5.92 Å². The van der Waals surface area contributed by atoms with Gasteiger partial charge in [0, 0.05) is 31.4 Å². The second-order valence-corrected chi connectivity index (χ2v) is 15.1. The van der Waals surface area contributed by atoms with Crippen LogP contribution in [0.3, 0.4) is 0 Å². The quantitative estimate of drug-likeness (QED) is 0.162. The Morgan fingerprint density at radius 3 is 1.98 bits per heavy atom. The van der Waals surface area contributed by atoms with Crippen molar-refractivity contribution in [2.24, 2.45) is 20.0 Å². The highest BCUT2D eigenvalue weighted by Crippen LogP contribution is 2.36. The number of para-hydroxylation sites is 1. The molecule has 0 unspecified atom stereocenters. The molecule has 3 aromatic carbocycles. The van der Waals surface area contributed by atoms with Crippen molar-refractivity contribution in [1.29, 1.82) is 0 Å². The number of likely N-dealkylation sites (tertiary alicyclic amines) is 1. The number of methoxy groups -OCH3 is 2. The fraction of sp³-hybridized carbons (Fsp3) is 0.359. The number of hydrogen-bond acceptors (Lipinski definition) is 9. The fourth-order valence-corrected chi connectivity index (χ4v) is 7.84. The van der Waals surface area contributed by atoms with Crippen molar-refractivity contribution < 1.29 is 47.2 Å². The predicted molar refractivity (Wildman–Crippen MR) is 204 cm³/mol. The van der Waals surface area contributed by atoms with E-state index >= 15 is 0 Å². The van der Waals surface area contributed by atoms with E-state index in [1.807, 2.05) is 54.6 Å². The molecule has 0 spiro atoms. The lowest BCUT2D eigenvalue weighted by Gasteiger charge is -2.33. The molecule has 1 fully saturated rings. The maximum absolute atomic E-state index is 12.6. The minimum atomic E-state index is -3.78. The molecule has 0 saturated carbocycles. The molecular formula is C39H46N4O10S. The number of fused-ring (bicyclic) bond motifs is 2. The number of hydrogen-bond donors (Lipinski definition) is 2. The normalized spacial score (nSPS) is 13.6. The van der Waals surface area contributed by atoms with Crippen LogP contribution < -0.4 is 9.47 Å². The zero-order valence-corrected chi connectivity index (χ0v) is 31.8. The van der Waals surface area contributed by atoms with E-state index in [1.165, 1.54) is 14.2 Å². The first kappa shape index (κ1) is 39.7. The van der Waals surface area contributed by atoms with Crippen molar-refractivity contribution in [1.82, 2.24) is 18.3 Å². The molecule has 5 aromatic rings. The lowest BCUT2D eigenvalue weighted by atomic mass is 9.88. The van der Waals surface area contributed by atoms with Crippen LogP contribution in [0.4, 0.5) is 4.79 Å². The molecule has 1 aliphatic rings. The van der Waals surface area contributed by atoms with E-state index in [4.69, 9.17) is 19.3 Å². The predicted octanol–water partition coefficient (Wildman–Crippen LogP) is 5.62. The molecule has 288 valence electrons. The largest absolute Gasteiger partial charge is 0.482 e. The number of amides is 1. The number of carbonyl (C=O) groups excluding carboxylic acids is 1. The van der Waals surface area contributed by atoms with E-state index in [-0.39, 0.29) is 24.3 Å². The smallest absolute Gasteiger partial charge is 0.423 e. The van der Waals surface area contributed by atoms with Gasteiger partial charge in [0.25, 0.3) is 0 Å². The van der Waals surface area contributed by atoms with E-state index in [0.717, 1.165) is 65.1 Å². The van der Waals surface area contributed by atoms with Crippen LogP contribution in [0.2, 0.25) is 0 Å². The third-order valence-electron chi connectivity index (χ3n) is 9.77. The van der Waals surface area contributed by atoms with Crippen molar-refractivity contribution in [3.05, 3.63) is 95.1 Å². The SMILES string of the molecule is COc1c(C(=O)O)c2c(CC3CCN(CCN(C(=O)OCc4ccccc4)S(C)(=O)=O)CC3)cccc2n1C.COc1c(C(=O)O)c2ccccc2n1C. The van der Waals surface area contributed by atoms with Crippen LogP contribution in [0.15, 0.2) is 72.8 Å². The van der Waals surface area contributed by atoms with Crippen LogP contribution >= 0.6 is 0 Å². The summed E-state index contributed by atoms with van der Waals surface area (Å²) < 4.78 is 44.6. The first-order valence-electron chi connectivity index (χ1n) is 17.4. The van der Waals surface area contributed by atoms with Gasteiger partial charge in [-0.3, -0.25) is 0 Å². The summed E-state index contributed by atoms with van der Waals surface area (Å²) in [5.74, 6) is -0.927.